The molecule has 0 aliphatic carbocycles. The third kappa shape index (κ3) is 5.78. The van der Waals surface area contributed by atoms with Crippen LogP contribution in [0.1, 0.15) is 41.6 Å². The van der Waals surface area contributed by atoms with Crippen LogP contribution in [0.25, 0.3) is 0 Å². The molecule has 5 nitrogen and oxygen atoms in total. The van der Waals surface area contributed by atoms with Gasteiger partial charge in [0.25, 0.3) is 0 Å². The summed E-state index contributed by atoms with van der Waals surface area (Å²) in [6.45, 7) is -1.40. The van der Waals surface area contributed by atoms with Gasteiger partial charge in [0, 0.05) is 30.4 Å². The van der Waals surface area contributed by atoms with Gasteiger partial charge in [0.1, 0.15) is 5.75 Å². The van der Waals surface area contributed by atoms with Crippen molar-refractivity contribution in [2.75, 3.05) is 11.9 Å². The van der Waals surface area contributed by atoms with E-state index in [4.69, 9.17) is 5.11 Å². The molecule has 0 aromatic heterocycles. The number of carboxylic acid groups (broad SMARTS) is 1. The molecule has 2 N–H and O–H groups in total. The summed E-state index contributed by atoms with van der Waals surface area (Å²) in [5, 5.41) is 12.4. The van der Waals surface area contributed by atoms with Gasteiger partial charge in [0.15, 0.2) is 6.61 Å². The number of rotatable bonds is 9. The van der Waals surface area contributed by atoms with E-state index in [2.05, 4.69) is 15.0 Å². The quantitative estimate of drug-likeness (QED) is 0.375. The minimum Gasteiger partial charge on any atom is -0.487 e. The van der Waals surface area contributed by atoms with Crippen molar-refractivity contribution >= 4 is 11.7 Å². The molecule has 4 rings (SSSR count). The van der Waals surface area contributed by atoms with Crippen molar-refractivity contribution in [1.82, 2.24) is 4.90 Å². The zero-order valence-electron chi connectivity index (χ0n) is 19.5. The summed E-state index contributed by atoms with van der Waals surface area (Å²) in [5.74, 6) is -12.9. The van der Waals surface area contributed by atoms with E-state index in [9.17, 15) is 35.5 Å². The zero-order valence-corrected chi connectivity index (χ0v) is 19.5. The summed E-state index contributed by atoms with van der Waals surface area (Å²) in [6, 6.07) is 13.0. The first kappa shape index (κ1) is 27.0. The molecule has 3 atom stereocenters. The summed E-state index contributed by atoms with van der Waals surface area (Å²) in [7, 11) is 0. The van der Waals surface area contributed by atoms with Gasteiger partial charge in [0.05, 0.1) is 5.56 Å². The maximum absolute atomic E-state index is 13.4. The monoisotopic (exact) mass is 534 g/mol. The number of ether oxygens (including phenoxy) is 1. The Bertz CT molecular complexity index is 1080. The summed E-state index contributed by atoms with van der Waals surface area (Å²) in [6.07, 6.45) is -2.64. The highest BCUT2D eigenvalue weighted by molar-refractivity contribution is 5.87. The van der Waals surface area contributed by atoms with Crippen LogP contribution < -0.4 is 10.1 Å². The number of alkyl halides is 7. The first-order valence-electron chi connectivity index (χ1n) is 11.7. The highest BCUT2D eigenvalue weighted by atomic mass is 19.4. The van der Waals surface area contributed by atoms with Crippen molar-refractivity contribution in [3.63, 3.8) is 0 Å². The van der Waals surface area contributed by atoms with Crippen molar-refractivity contribution < 1.29 is 45.4 Å². The van der Waals surface area contributed by atoms with E-state index in [0.717, 1.165) is 31.2 Å². The Morgan fingerprint density at radius 2 is 1.49 bits per heavy atom. The van der Waals surface area contributed by atoms with E-state index < -0.39 is 30.6 Å². The van der Waals surface area contributed by atoms with Gasteiger partial charge in [-0.2, -0.15) is 30.7 Å². The highest BCUT2D eigenvalue weighted by Gasteiger charge is 2.73. The number of anilines is 1. The number of carboxylic acids is 1. The standard InChI is InChI=1S/C25H25F7N2O3/c26-23(27,24(28,29)25(30,31)32)14-37-21-9-5-17(6-10-21)33-18-11-19-7-8-20(12-18)34(19)13-15-1-3-16(4-2-15)22(35)36/h1-6,9-10,18-20,33H,7-8,11-14H2,(H,35,36)/t18-,19-,20+. The van der Waals surface area contributed by atoms with E-state index in [0.29, 0.717) is 24.3 Å². The van der Waals surface area contributed by atoms with E-state index >= 15 is 0 Å². The summed E-state index contributed by atoms with van der Waals surface area (Å²) < 4.78 is 94.2. The van der Waals surface area contributed by atoms with E-state index in [1.165, 1.54) is 24.3 Å². The second-order valence-electron chi connectivity index (χ2n) is 9.46. The van der Waals surface area contributed by atoms with Crippen molar-refractivity contribution in [3.8, 4) is 5.75 Å². The molecule has 2 bridgehead atoms. The molecule has 2 aliphatic rings. The van der Waals surface area contributed by atoms with Crippen LogP contribution in [-0.4, -0.2) is 58.7 Å². The van der Waals surface area contributed by atoms with Crippen LogP contribution in [0.5, 0.6) is 5.75 Å². The Balaban J connectivity index is 1.30. The van der Waals surface area contributed by atoms with Gasteiger partial charge in [-0.3, -0.25) is 4.90 Å². The summed E-state index contributed by atoms with van der Waals surface area (Å²) in [5.41, 5.74) is 1.91. The predicted octanol–water partition coefficient (Wildman–Crippen LogP) is 6.20. The number of halogens is 7. The maximum Gasteiger partial charge on any atom is 0.460 e. The highest BCUT2D eigenvalue weighted by Crippen LogP contribution is 2.46. The maximum atomic E-state index is 13.4. The number of fused-ring (bicyclic) bond motifs is 2. The van der Waals surface area contributed by atoms with Gasteiger partial charge < -0.3 is 15.2 Å². The van der Waals surface area contributed by atoms with Crippen LogP contribution in [0.3, 0.4) is 0 Å². The molecule has 2 aromatic carbocycles. The molecule has 12 heteroatoms. The molecule has 2 heterocycles. The normalized spacial score (nSPS) is 22.6. The Morgan fingerprint density at radius 3 is 2.00 bits per heavy atom. The van der Waals surface area contributed by atoms with Gasteiger partial charge in [-0.15, -0.1) is 0 Å². The third-order valence-corrected chi connectivity index (χ3v) is 6.91. The molecule has 0 unspecified atom stereocenters. The molecule has 202 valence electrons. The van der Waals surface area contributed by atoms with E-state index in [1.807, 2.05) is 12.1 Å². The fourth-order valence-corrected chi connectivity index (χ4v) is 4.97. The van der Waals surface area contributed by atoms with Crippen molar-refractivity contribution in [2.45, 2.75) is 68.4 Å². The molecular formula is C25H25F7N2O3. The summed E-state index contributed by atoms with van der Waals surface area (Å²) in [4.78, 5) is 13.5. The molecule has 37 heavy (non-hydrogen) atoms. The second-order valence-corrected chi connectivity index (χ2v) is 9.46. The molecule has 2 aromatic rings. The fraction of sp³-hybridized carbons (Fsp3) is 0.480. The lowest BCUT2D eigenvalue weighted by molar-refractivity contribution is -0.358. The van der Waals surface area contributed by atoms with Gasteiger partial charge in [-0.05, 0) is 67.6 Å². The van der Waals surface area contributed by atoms with Gasteiger partial charge >= 0.3 is 24.0 Å². The lowest BCUT2D eigenvalue weighted by atomic mass is 9.96. The third-order valence-electron chi connectivity index (χ3n) is 6.91. The van der Waals surface area contributed by atoms with Gasteiger partial charge in [-0.25, -0.2) is 4.79 Å². The average Bonchev–Trinajstić information content (AvgIpc) is 3.05. The summed E-state index contributed by atoms with van der Waals surface area (Å²) >= 11 is 0. The molecule has 0 radical (unpaired) electrons. The van der Waals surface area contributed by atoms with Crippen LogP contribution in [0, 0.1) is 0 Å². The van der Waals surface area contributed by atoms with Crippen LogP contribution in [0.4, 0.5) is 36.4 Å². The van der Waals surface area contributed by atoms with Gasteiger partial charge in [0.2, 0.25) is 0 Å². The number of carbonyl (C=O) groups is 1. The Labute approximate surface area is 208 Å². The second kappa shape index (κ2) is 10.0. The van der Waals surface area contributed by atoms with Crippen LogP contribution in [0.2, 0.25) is 0 Å². The smallest absolute Gasteiger partial charge is 0.460 e. The first-order valence-corrected chi connectivity index (χ1v) is 11.7. The topological polar surface area (TPSA) is 61.8 Å². The largest absolute Gasteiger partial charge is 0.487 e. The predicted molar refractivity (Wildman–Crippen MR) is 120 cm³/mol. The molecule has 2 aliphatic heterocycles. The first-order chi connectivity index (χ1) is 17.3. The Morgan fingerprint density at radius 1 is 0.919 bits per heavy atom. The molecule has 0 amide bonds. The molecular weight excluding hydrogens is 509 g/mol. The average molecular weight is 534 g/mol. The number of aromatic carboxylic acids is 1. The fourth-order valence-electron chi connectivity index (χ4n) is 4.97. The van der Waals surface area contributed by atoms with Crippen LogP contribution in [-0.2, 0) is 6.54 Å². The number of nitrogens with one attached hydrogen (secondary N) is 1. The minimum absolute atomic E-state index is 0.129. The molecule has 2 fully saturated rings. The van der Waals surface area contributed by atoms with Crippen molar-refractivity contribution in [2.24, 2.45) is 0 Å². The van der Waals surface area contributed by atoms with Crippen LogP contribution >= 0.6 is 0 Å². The van der Waals surface area contributed by atoms with Crippen molar-refractivity contribution in [3.05, 3.63) is 59.7 Å². The van der Waals surface area contributed by atoms with Gasteiger partial charge in [-0.1, -0.05) is 12.1 Å². The number of piperidine rings is 1. The number of nitrogens with zero attached hydrogens (tertiary/aromatic N) is 1. The lowest BCUT2D eigenvalue weighted by Gasteiger charge is -2.39. The Kier molecular flexibility index (Phi) is 7.33. The zero-order chi connectivity index (χ0) is 27.0. The van der Waals surface area contributed by atoms with Crippen molar-refractivity contribution in [1.29, 1.82) is 0 Å². The number of benzene rings is 2. The minimum atomic E-state index is -6.40. The van der Waals surface area contributed by atoms with E-state index in [-0.39, 0.29) is 17.4 Å². The Hall–Kier alpha value is -3.02. The lowest BCUT2D eigenvalue weighted by Crippen LogP contribution is -2.54. The number of hydrogen-bond donors (Lipinski definition) is 2. The van der Waals surface area contributed by atoms with E-state index in [1.54, 1.807) is 12.1 Å². The SMILES string of the molecule is O=C(O)c1ccc(CN2[C@@H]3CC[C@H]2C[C@H](Nc2ccc(OCC(F)(F)C(F)(F)C(F)(F)F)cc2)C3)cc1. The molecule has 0 spiro atoms. The molecule has 0 saturated carbocycles. The number of hydrogen-bond acceptors (Lipinski definition) is 4. The molecule has 2 saturated heterocycles. The van der Waals surface area contributed by atoms with Crippen LogP contribution in [0.15, 0.2) is 48.5 Å².